The molecule has 134 valence electrons. The van der Waals surface area contributed by atoms with E-state index in [1.165, 1.54) is 0 Å². The largest absolute Gasteiger partial charge is 0.496 e. The van der Waals surface area contributed by atoms with Gasteiger partial charge < -0.3 is 9.84 Å². The van der Waals surface area contributed by atoms with Gasteiger partial charge in [-0.25, -0.2) is 0 Å². The van der Waals surface area contributed by atoms with Gasteiger partial charge in [0.2, 0.25) is 0 Å². The van der Waals surface area contributed by atoms with Gasteiger partial charge >= 0.3 is 5.97 Å². The number of aryl methyl sites for hydroxylation is 1. The van der Waals surface area contributed by atoms with E-state index in [0.717, 1.165) is 44.0 Å². The maximum absolute atomic E-state index is 11.0. The summed E-state index contributed by atoms with van der Waals surface area (Å²) in [5.41, 5.74) is 3.21. The molecule has 0 saturated heterocycles. The normalized spacial score (nSPS) is 11.0. The first kappa shape index (κ1) is 17.1. The molecule has 0 bridgehead atoms. The maximum Gasteiger partial charge on any atom is 0.303 e. The lowest BCUT2D eigenvalue weighted by atomic mass is 9.91. The van der Waals surface area contributed by atoms with Gasteiger partial charge in [-0.2, -0.15) is 0 Å². The summed E-state index contributed by atoms with van der Waals surface area (Å²) in [7, 11) is 1.69. The van der Waals surface area contributed by atoms with E-state index in [1.54, 1.807) is 7.11 Å². The average molecular weight is 356 g/mol. The highest BCUT2D eigenvalue weighted by atomic mass is 16.5. The quantitative estimate of drug-likeness (QED) is 0.500. The molecule has 0 unspecified atom stereocenters. The van der Waals surface area contributed by atoms with E-state index in [4.69, 9.17) is 9.84 Å². The second-order valence-corrected chi connectivity index (χ2v) is 6.58. The average Bonchev–Trinajstić information content (AvgIpc) is 2.70. The lowest BCUT2D eigenvalue weighted by molar-refractivity contribution is -0.136. The number of hydrogen-bond acceptors (Lipinski definition) is 2. The molecular formula is C24H20O3. The SMILES string of the molecule is COc1ccc2ccccc2c1-c1cccc2c(CCC(=O)O)cccc12. The van der Waals surface area contributed by atoms with Crippen molar-refractivity contribution in [1.82, 2.24) is 0 Å². The molecule has 0 aromatic heterocycles. The van der Waals surface area contributed by atoms with E-state index in [9.17, 15) is 4.79 Å². The van der Waals surface area contributed by atoms with Gasteiger partial charge in [-0.15, -0.1) is 0 Å². The zero-order valence-corrected chi connectivity index (χ0v) is 15.1. The predicted molar refractivity (Wildman–Crippen MR) is 109 cm³/mol. The zero-order chi connectivity index (χ0) is 18.8. The van der Waals surface area contributed by atoms with Gasteiger partial charge in [-0.05, 0) is 45.2 Å². The number of carbonyl (C=O) groups is 1. The number of fused-ring (bicyclic) bond motifs is 2. The Morgan fingerprint density at radius 3 is 2.41 bits per heavy atom. The van der Waals surface area contributed by atoms with E-state index >= 15 is 0 Å². The molecule has 4 rings (SSSR count). The highest BCUT2D eigenvalue weighted by molar-refractivity contribution is 6.08. The summed E-state index contributed by atoms with van der Waals surface area (Å²) in [5.74, 6) is 0.0519. The van der Waals surface area contributed by atoms with Gasteiger partial charge in [0.25, 0.3) is 0 Å². The third-order valence-electron chi connectivity index (χ3n) is 5.00. The van der Waals surface area contributed by atoms with Crippen LogP contribution in [-0.2, 0) is 11.2 Å². The number of carboxylic acids is 1. The second kappa shape index (κ2) is 7.12. The Morgan fingerprint density at radius 1 is 0.852 bits per heavy atom. The molecule has 0 aliphatic carbocycles. The minimum Gasteiger partial charge on any atom is -0.496 e. The van der Waals surface area contributed by atoms with Crippen molar-refractivity contribution in [3.63, 3.8) is 0 Å². The lowest BCUT2D eigenvalue weighted by Crippen LogP contribution is -1.98. The van der Waals surface area contributed by atoms with Crippen molar-refractivity contribution in [2.45, 2.75) is 12.8 Å². The number of hydrogen-bond donors (Lipinski definition) is 1. The summed E-state index contributed by atoms with van der Waals surface area (Å²) in [6.45, 7) is 0. The molecule has 3 nitrogen and oxygen atoms in total. The third-order valence-corrected chi connectivity index (χ3v) is 5.00. The van der Waals surface area contributed by atoms with Gasteiger partial charge in [0, 0.05) is 12.0 Å². The first-order chi connectivity index (χ1) is 13.2. The Morgan fingerprint density at radius 2 is 1.59 bits per heavy atom. The first-order valence-corrected chi connectivity index (χ1v) is 8.97. The minimum absolute atomic E-state index is 0.126. The van der Waals surface area contributed by atoms with Crippen LogP contribution in [-0.4, -0.2) is 18.2 Å². The highest BCUT2D eigenvalue weighted by Gasteiger charge is 2.14. The summed E-state index contributed by atoms with van der Waals surface area (Å²) < 4.78 is 5.69. The number of ether oxygens (including phenoxy) is 1. The van der Waals surface area contributed by atoms with Crippen molar-refractivity contribution in [1.29, 1.82) is 0 Å². The summed E-state index contributed by atoms with van der Waals surface area (Å²) in [6.07, 6.45) is 0.643. The second-order valence-electron chi connectivity index (χ2n) is 6.58. The fourth-order valence-corrected chi connectivity index (χ4v) is 3.75. The predicted octanol–water partition coefficient (Wildman–Crippen LogP) is 5.69. The van der Waals surface area contributed by atoms with Crippen LogP contribution < -0.4 is 4.74 Å². The topological polar surface area (TPSA) is 46.5 Å². The summed E-state index contributed by atoms with van der Waals surface area (Å²) in [4.78, 5) is 11.0. The van der Waals surface area contributed by atoms with Crippen molar-refractivity contribution in [3.8, 4) is 16.9 Å². The molecule has 0 saturated carbocycles. The van der Waals surface area contributed by atoms with Crippen molar-refractivity contribution in [2.75, 3.05) is 7.11 Å². The zero-order valence-electron chi connectivity index (χ0n) is 15.1. The van der Waals surface area contributed by atoms with Crippen LogP contribution in [0, 0.1) is 0 Å². The third kappa shape index (κ3) is 3.13. The fourth-order valence-electron chi connectivity index (χ4n) is 3.75. The van der Waals surface area contributed by atoms with Crippen LogP contribution in [0.25, 0.3) is 32.7 Å². The molecule has 0 fully saturated rings. The molecule has 3 heteroatoms. The Hall–Kier alpha value is -3.33. The van der Waals surface area contributed by atoms with Crippen molar-refractivity contribution in [2.24, 2.45) is 0 Å². The summed E-state index contributed by atoms with van der Waals surface area (Å²) in [5, 5.41) is 13.5. The number of benzene rings is 4. The molecule has 4 aromatic carbocycles. The molecule has 0 aliphatic rings. The monoisotopic (exact) mass is 356 g/mol. The van der Waals surface area contributed by atoms with E-state index in [-0.39, 0.29) is 6.42 Å². The van der Waals surface area contributed by atoms with Crippen LogP contribution in [0.15, 0.2) is 72.8 Å². The summed E-state index contributed by atoms with van der Waals surface area (Å²) in [6, 6.07) is 24.7. The Bertz CT molecular complexity index is 1140. The number of methoxy groups -OCH3 is 1. The smallest absolute Gasteiger partial charge is 0.303 e. The van der Waals surface area contributed by atoms with Crippen LogP contribution in [0.2, 0.25) is 0 Å². The van der Waals surface area contributed by atoms with E-state index < -0.39 is 5.97 Å². The van der Waals surface area contributed by atoms with Gasteiger partial charge in [0.05, 0.1) is 7.11 Å². The van der Waals surface area contributed by atoms with Gasteiger partial charge in [0.15, 0.2) is 0 Å². The molecule has 0 spiro atoms. The van der Waals surface area contributed by atoms with E-state index in [0.29, 0.717) is 6.42 Å². The molecule has 0 aliphatic heterocycles. The standard InChI is InChI=1S/C24H20O3/c1-27-22-14-12-17-6-2-3-8-19(17)24(22)21-11-5-9-18-16(13-15-23(25)26)7-4-10-20(18)21/h2-12,14H,13,15H2,1H3,(H,25,26). The molecule has 4 aromatic rings. The molecule has 0 atom stereocenters. The lowest BCUT2D eigenvalue weighted by Gasteiger charge is -2.16. The van der Waals surface area contributed by atoms with Crippen LogP contribution in [0.5, 0.6) is 5.75 Å². The maximum atomic E-state index is 11.0. The molecular weight excluding hydrogens is 336 g/mol. The summed E-state index contributed by atoms with van der Waals surface area (Å²) >= 11 is 0. The Kier molecular flexibility index (Phi) is 4.51. The number of aliphatic carboxylic acids is 1. The van der Waals surface area contributed by atoms with Gasteiger partial charge in [-0.1, -0.05) is 66.7 Å². The van der Waals surface area contributed by atoms with Crippen LogP contribution in [0.3, 0.4) is 0 Å². The number of rotatable bonds is 5. The van der Waals surface area contributed by atoms with Crippen molar-refractivity contribution in [3.05, 3.63) is 78.4 Å². The molecule has 0 amide bonds. The highest BCUT2D eigenvalue weighted by Crippen LogP contribution is 2.40. The first-order valence-electron chi connectivity index (χ1n) is 8.97. The molecule has 0 radical (unpaired) electrons. The van der Waals surface area contributed by atoms with Gasteiger partial charge in [-0.3, -0.25) is 4.79 Å². The van der Waals surface area contributed by atoms with Crippen molar-refractivity contribution < 1.29 is 14.6 Å². The molecule has 1 N–H and O–H groups in total. The molecule has 27 heavy (non-hydrogen) atoms. The Balaban J connectivity index is 1.99. The number of carboxylic acid groups (broad SMARTS) is 1. The van der Waals surface area contributed by atoms with E-state index in [2.05, 4.69) is 36.4 Å². The van der Waals surface area contributed by atoms with E-state index in [1.807, 2.05) is 36.4 Å². The fraction of sp³-hybridized carbons (Fsp3) is 0.125. The van der Waals surface area contributed by atoms with Gasteiger partial charge in [0.1, 0.15) is 5.75 Å². The Labute approximate surface area is 157 Å². The molecule has 0 heterocycles. The van der Waals surface area contributed by atoms with Crippen LogP contribution in [0.1, 0.15) is 12.0 Å². The van der Waals surface area contributed by atoms with Crippen LogP contribution >= 0.6 is 0 Å². The minimum atomic E-state index is -0.779. The van der Waals surface area contributed by atoms with Crippen molar-refractivity contribution >= 4 is 27.5 Å². The van der Waals surface area contributed by atoms with Crippen LogP contribution in [0.4, 0.5) is 0 Å².